The van der Waals surface area contributed by atoms with Crippen LogP contribution in [0, 0.1) is 6.92 Å². The third kappa shape index (κ3) is 6.72. The first-order valence-corrected chi connectivity index (χ1v) is 10.2. The molecule has 1 unspecified atom stereocenters. The Morgan fingerprint density at radius 1 is 1.37 bits per heavy atom. The first kappa shape index (κ1) is 22.1. The van der Waals surface area contributed by atoms with Gasteiger partial charge in [-0.25, -0.2) is 0 Å². The Kier molecular flexibility index (Phi) is 9.49. The van der Waals surface area contributed by atoms with Crippen LogP contribution in [0.25, 0.3) is 0 Å². The van der Waals surface area contributed by atoms with Gasteiger partial charge in [-0.3, -0.25) is 9.89 Å². The number of nitrogens with zero attached hydrogens (tertiary/aromatic N) is 4. The highest BCUT2D eigenvalue weighted by Crippen LogP contribution is 2.27. The van der Waals surface area contributed by atoms with Crippen LogP contribution in [-0.2, 0) is 6.42 Å². The van der Waals surface area contributed by atoms with Crippen LogP contribution in [0.3, 0.4) is 0 Å². The van der Waals surface area contributed by atoms with E-state index in [1.54, 1.807) is 0 Å². The lowest BCUT2D eigenvalue weighted by Crippen LogP contribution is -2.42. The number of halogens is 1. The molecule has 3 rings (SSSR count). The van der Waals surface area contributed by atoms with Crippen molar-refractivity contribution in [2.75, 3.05) is 33.2 Å². The zero-order valence-corrected chi connectivity index (χ0v) is 19.1. The van der Waals surface area contributed by atoms with E-state index in [1.807, 2.05) is 25.3 Å². The maximum Gasteiger partial charge on any atom is 0.226 e. The topological polar surface area (TPSA) is 78.6 Å². The number of guanidine groups is 1. The van der Waals surface area contributed by atoms with Crippen molar-refractivity contribution in [2.24, 2.45) is 4.99 Å². The molecule has 9 heteroatoms. The Labute approximate surface area is 182 Å². The third-order valence-electron chi connectivity index (χ3n) is 4.57. The zero-order chi connectivity index (χ0) is 18.2. The van der Waals surface area contributed by atoms with Gasteiger partial charge < -0.3 is 15.2 Å². The lowest BCUT2D eigenvalue weighted by molar-refractivity contribution is 0.249. The van der Waals surface area contributed by atoms with Crippen LogP contribution in [-0.4, -0.2) is 54.2 Å². The Morgan fingerprint density at radius 3 is 2.81 bits per heavy atom. The van der Waals surface area contributed by atoms with E-state index in [-0.39, 0.29) is 24.0 Å². The van der Waals surface area contributed by atoms with Crippen LogP contribution in [0.2, 0.25) is 0 Å². The molecule has 0 aromatic carbocycles. The number of hydrogen-bond acceptors (Lipinski definition) is 6. The average molecular weight is 504 g/mol. The van der Waals surface area contributed by atoms with Crippen molar-refractivity contribution in [2.45, 2.75) is 38.6 Å². The molecule has 7 nitrogen and oxygen atoms in total. The summed E-state index contributed by atoms with van der Waals surface area (Å²) in [6.07, 6.45) is 4.28. The standard InChI is InChI=1S/C18H28N6OS.HI/c1-14-22-17(25-23-14)8-5-9-20-18(19-2)21-13-15(16-7-6-12-26-16)24-10-3-4-11-24;/h6-7,12,15H,3-5,8-11,13H2,1-2H3,(H2,19,20,21);1H. The smallest absolute Gasteiger partial charge is 0.226 e. The number of rotatable bonds is 8. The van der Waals surface area contributed by atoms with Crippen molar-refractivity contribution in [1.82, 2.24) is 25.7 Å². The van der Waals surface area contributed by atoms with Crippen LogP contribution in [0.5, 0.6) is 0 Å². The molecule has 1 aliphatic heterocycles. The number of thiophene rings is 1. The van der Waals surface area contributed by atoms with Gasteiger partial charge in [0, 0.05) is 31.4 Å². The summed E-state index contributed by atoms with van der Waals surface area (Å²) in [5.74, 6) is 2.22. The zero-order valence-electron chi connectivity index (χ0n) is 16.0. The van der Waals surface area contributed by atoms with Crippen LogP contribution in [0.15, 0.2) is 27.0 Å². The van der Waals surface area contributed by atoms with Gasteiger partial charge in [0.05, 0.1) is 6.04 Å². The van der Waals surface area contributed by atoms with E-state index in [0.29, 0.717) is 17.8 Å². The van der Waals surface area contributed by atoms with Crippen LogP contribution >= 0.6 is 35.3 Å². The first-order valence-electron chi connectivity index (χ1n) is 9.27. The van der Waals surface area contributed by atoms with Gasteiger partial charge in [0.2, 0.25) is 5.89 Å². The summed E-state index contributed by atoms with van der Waals surface area (Å²) in [6, 6.07) is 4.78. The summed E-state index contributed by atoms with van der Waals surface area (Å²) in [5.41, 5.74) is 0. The van der Waals surface area contributed by atoms with Crippen molar-refractivity contribution in [3.05, 3.63) is 34.1 Å². The fraction of sp³-hybridized carbons (Fsp3) is 0.611. The largest absolute Gasteiger partial charge is 0.356 e. The Morgan fingerprint density at radius 2 is 2.19 bits per heavy atom. The Bertz CT molecular complexity index is 684. The average Bonchev–Trinajstić information content (AvgIpc) is 3.40. The van der Waals surface area contributed by atoms with E-state index in [1.165, 1.54) is 30.8 Å². The van der Waals surface area contributed by atoms with Crippen LogP contribution in [0.4, 0.5) is 0 Å². The summed E-state index contributed by atoms with van der Waals surface area (Å²) in [7, 11) is 1.81. The van der Waals surface area contributed by atoms with E-state index in [4.69, 9.17) is 4.52 Å². The molecule has 2 aromatic rings. The number of likely N-dealkylation sites (tertiary alicyclic amines) is 1. The Hall–Kier alpha value is -1.20. The molecular weight excluding hydrogens is 475 g/mol. The number of aliphatic imine (C=N–C) groups is 1. The van der Waals surface area contributed by atoms with E-state index >= 15 is 0 Å². The SMILES string of the molecule is CN=C(NCCCc1nc(C)no1)NCC(c1cccs1)N1CCCC1.I. The second-order valence-electron chi connectivity index (χ2n) is 6.49. The van der Waals surface area contributed by atoms with Gasteiger partial charge in [-0.05, 0) is 50.7 Å². The molecule has 0 amide bonds. The van der Waals surface area contributed by atoms with E-state index < -0.39 is 0 Å². The second-order valence-corrected chi connectivity index (χ2v) is 7.47. The lowest BCUT2D eigenvalue weighted by atomic mass is 10.2. The molecule has 0 saturated carbocycles. The van der Waals surface area contributed by atoms with Gasteiger partial charge in [-0.1, -0.05) is 11.2 Å². The Balaban J connectivity index is 0.00000261. The quantitative estimate of drug-likeness (QED) is 0.249. The molecule has 150 valence electrons. The molecule has 1 aliphatic rings. The first-order chi connectivity index (χ1) is 12.8. The number of nitrogens with one attached hydrogen (secondary N) is 2. The highest BCUT2D eigenvalue weighted by atomic mass is 127. The third-order valence-corrected chi connectivity index (χ3v) is 5.54. The molecule has 1 fully saturated rings. The number of aryl methyl sites for hydroxylation is 2. The summed E-state index contributed by atoms with van der Waals surface area (Å²) in [5, 5.41) is 12.8. The van der Waals surface area contributed by atoms with E-state index in [9.17, 15) is 0 Å². The van der Waals surface area contributed by atoms with Crippen molar-refractivity contribution < 1.29 is 4.52 Å². The van der Waals surface area contributed by atoms with Gasteiger partial charge >= 0.3 is 0 Å². The second kappa shape index (κ2) is 11.6. The summed E-state index contributed by atoms with van der Waals surface area (Å²) < 4.78 is 5.14. The monoisotopic (exact) mass is 504 g/mol. The van der Waals surface area contributed by atoms with Crippen molar-refractivity contribution in [3.63, 3.8) is 0 Å². The van der Waals surface area contributed by atoms with E-state index in [0.717, 1.165) is 31.9 Å². The molecule has 2 N–H and O–H groups in total. The summed E-state index contributed by atoms with van der Waals surface area (Å²) in [4.78, 5) is 12.6. The van der Waals surface area contributed by atoms with E-state index in [2.05, 4.69) is 48.2 Å². The molecular formula is C18H29IN6OS. The normalized spacial score (nSPS) is 16.1. The van der Waals surface area contributed by atoms with Crippen molar-refractivity contribution in [1.29, 1.82) is 0 Å². The van der Waals surface area contributed by atoms with Gasteiger partial charge in [0.25, 0.3) is 0 Å². The highest BCUT2D eigenvalue weighted by Gasteiger charge is 2.24. The fourth-order valence-corrected chi connectivity index (χ4v) is 4.11. The maximum atomic E-state index is 5.14. The van der Waals surface area contributed by atoms with Crippen molar-refractivity contribution in [3.8, 4) is 0 Å². The molecule has 0 aliphatic carbocycles. The molecule has 0 spiro atoms. The molecule has 1 saturated heterocycles. The summed E-state index contributed by atoms with van der Waals surface area (Å²) >= 11 is 1.83. The fourth-order valence-electron chi connectivity index (χ4n) is 3.25. The van der Waals surface area contributed by atoms with Crippen LogP contribution in [0.1, 0.15) is 41.9 Å². The molecule has 27 heavy (non-hydrogen) atoms. The van der Waals surface area contributed by atoms with Crippen LogP contribution < -0.4 is 10.6 Å². The predicted octanol–water partition coefficient (Wildman–Crippen LogP) is 2.99. The highest BCUT2D eigenvalue weighted by molar-refractivity contribution is 14.0. The van der Waals surface area contributed by atoms with Crippen molar-refractivity contribution >= 4 is 41.3 Å². The number of aromatic nitrogens is 2. The molecule has 2 aromatic heterocycles. The lowest BCUT2D eigenvalue weighted by Gasteiger charge is -2.27. The minimum atomic E-state index is 0. The molecule has 3 heterocycles. The van der Waals surface area contributed by atoms with Gasteiger partial charge in [-0.2, -0.15) is 4.98 Å². The minimum Gasteiger partial charge on any atom is -0.356 e. The predicted molar refractivity (Wildman–Crippen MR) is 120 cm³/mol. The molecule has 0 bridgehead atoms. The molecule has 1 atom stereocenters. The molecule has 0 radical (unpaired) electrons. The van der Waals surface area contributed by atoms with Gasteiger partial charge in [0.1, 0.15) is 0 Å². The summed E-state index contributed by atoms with van der Waals surface area (Å²) in [6.45, 7) is 5.87. The van der Waals surface area contributed by atoms with Gasteiger partial charge in [-0.15, -0.1) is 35.3 Å². The maximum absolute atomic E-state index is 5.14. The van der Waals surface area contributed by atoms with Gasteiger partial charge in [0.15, 0.2) is 11.8 Å². The number of hydrogen-bond donors (Lipinski definition) is 2. The minimum absolute atomic E-state index is 0.